The van der Waals surface area contributed by atoms with E-state index in [2.05, 4.69) is 0 Å². The number of hydrogen-bond donors (Lipinski definition) is 1. The third-order valence-corrected chi connectivity index (χ3v) is 3.70. The highest BCUT2D eigenvalue weighted by Gasteiger charge is 2.31. The Balaban J connectivity index is 3.30. The highest BCUT2D eigenvalue weighted by molar-refractivity contribution is 5.99. The lowest BCUT2D eigenvalue weighted by Gasteiger charge is -2.35. The van der Waals surface area contributed by atoms with E-state index in [0.29, 0.717) is 6.07 Å². The molecule has 1 amide bonds. The summed E-state index contributed by atoms with van der Waals surface area (Å²) in [5.74, 6) is -1.47. The molecule has 7 heteroatoms. The molecule has 2 N–H and O–H groups in total. The summed E-state index contributed by atoms with van der Waals surface area (Å²) in [5, 5.41) is 11.0. The third kappa shape index (κ3) is 3.48. The minimum Gasteiger partial charge on any atom is -0.396 e. The molecule has 1 rings (SSSR count). The average molecular weight is 297 g/mol. The molecule has 1 unspecified atom stereocenters. The van der Waals surface area contributed by atoms with E-state index in [4.69, 9.17) is 5.73 Å². The number of rotatable bonds is 3. The second kappa shape index (κ2) is 5.67. The molecule has 0 aromatic heterocycles. The molecule has 21 heavy (non-hydrogen) atoms. The van der Waals surface area contributed by atoms with Crippen LogP contribution in [0.3, 0.4) is 0 Å². The Hall–Kier alpha value is -2.18. The van der Waals surface area contributed by atoms with Crippen LogP contribution in [0, 0.1) is 21.3 Å². The monoisotopic (exact) mass is 297 g/mol. The summed E-state index contributed by atoms with van der Waals surface area (Å²) in [6.45, 7) is 7.70. The molecule has 6 nitrogen and oxygen atoms in total. The van der Waals surface area contributed by atoms with Crippen molar-refractivity contribution in [2.45, 2.75) is 33.7 Å². The van der Waals surface area contributed by atoms with Crippen molar-refractivity contribution in [1.82, 2.24) is 4.90 Å². The van der Waals surface area contributed by atoms with Crippen molar-refractivity contribution < 1.29 is 14.1 Å². The summed E-state index contributed by atoms with van der Waals surface area (Å²) in [6.07, 6.45) is 0. The van der Waals surface area contributed by atoms with Crippen LogP contribution in [0.5, 0.6) is 0 Å². The van der Waals surface area contributed by atoms with E-state index in [1.165, 1.54) is 4.90 Å². The van der Waals surface area contributed by atoms with Crippen molar-refractivity contribution in [3.63, 3.8) is 0 Å². The van der Waals surface area contributed by atoms with Gasteiger partial charge in [-0.15, -0.1) is 0 Å². The highest BCUT2D eigenvalue weighted by Crippen LogP contribution is 2.29. The fourth-order valence-corrected chi connectivity index (χ4v) is 1.85. The van der Waals surface area contributed by atoms with Gasteiger partial charge in [0.15, 0.2) is 5.82 Å². The predicted octanol–water partition coefficient (Wildman–Crippen LogP) is 2.82. The van der Waals surface area contributed by atoms with Gasteiger partial charge >= 0.3 is 0 Å². The van der Waals surface area contributed by atoms with Crippen LogP contribution in [-0.4, -0.2) is 28.8 Å². The van der Waals surface area contributed by atoms with Gasteiger partial charge in [-0.05, 0) is 18.4 Å². The normalized spacial score (nSPS) is 12.9. The van der Waals surface area contributed by atoms with Crippen molar-refractivity contribution in [2.75, 3.05) is 12.8 Å². The van der Waals surface area contributed by atoms with Crippen LogP contribution in [0.15, 0.2) is 12.1 Å². The van der Waals surface area contributed by atoms with Crippen molar-refractivity contribution >= 4 is 17.3 Å². The molecule has 0 saturated carbocycles. The largest absolute Gasteiger partial charge is 0.396 e. The van der Waals surface area contributed by atoms with E-state index in [0.717, 1.165) is 6.07 Å². The van der Waals surface area contributed by atoms with Gasteiger partial charge in [0, 0.05) is 13.1 Å². The van der Waals surface area contributed by atoms with E-state index in [1.807, 2.05) is 27.7 Å². The maximum Gasteiger partial charge on any atom is 0.285 e. The molecule has 0 radical (unpaired) electrons. The fourth-order valence-electron chi connectivity index (χ4n) is 1.85. The summed E-state index contributed by atoms with van der Waals surface area (Å²) in [6, 6.07) is 1.52. The molecule has 1 aromatic rings. The van der Waals surface area contributed by atoms with Gasteiger partial charge in [0.05, 0.1) is 16.7 Å². The molecular formula is C14H20FN3O3. The predicted molar refractivity (Wildman–Crippen MR) is 78.5 cm³/mol. The lowest BCUT2D eigenvalue weighted by atomic mass is 9.87. The molecule has 0 spiro atoms. The number of halogens is 1. The molecule has 116 valence electrons. The van der Waals surface area contributed by atoms with Crippen LogP contribution in [0.25, 0.3) is 0 Å². The molecule has 1 aromatic carbocycles. The molecule has 0 fully saturated rings. The summed E-state index contributed by atoms with van der Waals surface area (Å²) < 4.78 is 13.4. The van der Waals surface area contributed by atoms with Crippen LogP contribution in [-0.2, 0) is 0 Å². The summed E-state index contributed by atoms with van der Waals surface area (Å²) in [7, 11) is 1.56. The molecular weight excluding hydrogens is 277 g/mol. The number of nitrogens with zero attached hydrogens (tertiary/aromatic N) is 2. The lowest BCUT2D eigenvalue weighted by Crippen LogP contribution is -2.43. The Bertz CT molecular complexity index is 582. The van der Waals surface area contributed by atoms with Gasteiger partial charge in [0.1, 0.15) is 5.56 Å². The van der Waals surface area contributed by atoms with Crippen LogP contribution in [0.2, 0.25) is 0 Å². The minimum absolute atomic E-state index is 0.170. The third-order valence-electron chi connectivity index (χ3n) is 3.70. The Labute approximate surface area is 122 Å². The number of nitrogens with two attached hydrogens (primary N) is 1. The quantitative estimate of drug-likeness (QED) is 0.527. The second-order valence-electron chi connectivity index (χ2n) is 6.11. The lowest BCUT2D eigenvalue weighted by molar-refractivity contribution is -0.385. The first-order valence-electron chi connectivity index (χ1n) is 6.47. The first-order valence-corrected chi connectivity index (χ1v) is 6.47. The van der Waals surface area contributed by atoms with Crippen LogP contribution in [0.1, 0.15) is 38.1 Å². The highest BCUT2D eigenvalue weighted by atomic mass is 19.1. The number of nitro benzene ring substituents is 1. The van der Waals surface area contributed by atoms with Crippen molar-refractivity contribution in [3.05, 3.63) is 33.6 Å². The van der Waals surface area contributed by atoms with Gasteiger partial charge in [-0.1, -0.05) is 20.8 Å². The summed E-state index contributed by atoms with van der Waals surface area (Å²) in [5.41, 5.74) is 4.13. The van der Waals surface area contributed by atoms with Crippen molar-refractivity contribution in [3.8, 4) is 0 Å². The van der Waals surface area contributed by atoms with E-state index in [-0.39, 0.29) is 22.7 Å². The van der Waals surface area contributed by atoms with Crippen LogP contribution >= 0.6 is 0 Å². The Kier molecular flexibility index (Phi) is 4.56. The maximum absolute atomic E-state index is 13.4. The number of amides is 1. The van der Waals surface area contributed by atoms with Gasteiger partial charge in [-0.2, -0.15) is 0 Å². The number of carbonyl (C=O) groups is 1. The summed E-state index contributed by atoms with van der Waals surface area (Å²) in [4.78, 5) is 24.1. The zero-order valence-corrected chi connectivity index (χ0v) is 12.8. The van der Waals surface area contributed by atoms with Gasteiger partial charge in [0.25, 0.3) is 11.6 Å². The molecule has 1 atom stereocenters. The Morgan fingerprint density at radius 3 is 2.38 bits per heavy atom. The average Bonchev–Trinajstić information content (AvgIpc) is 2.37. The standard InChI is InChI=1S/C14H20FN3O3/c1-8(14(2,3)4)17(5)13(19)9-6-11(16)10(15)7-12(9)18(20)21/h6-8H,16H2,1-5H3. The number of carbonyl (C=O) groups excluding carboxylic acids is 1. The van der Waals surface area contributed by atoms with Crippen LogP contribution in [0.4, 0.5) is 15.8 Å². The van der Waals surface area contributed by atoms with E-state index in [9.17, 15) is 19.3 Å². The maximum atomic E-state index is 13.4. The van der Waals surface area contributed by atoms with E-state index in [1.54, 1.807) is 7.05 Å². The number of nitrogen functional groups attached to an aromatic ring is 1. The first-order chi connectivity index (χ1) is 9.46. The molecule has 0 bridgehead atoms. The van der Waals surface area contributed by atoms with Crippen molar-refractivity contribution in [2.24, 2.45) is 5.41 Å². The zero-order valence-electron chi connectivity index (χ0n) is 12.8. The van der Waals surface area contributed by atoms with Gasteiger partial charge in [0.2, 0.25) is 0 Å². The molecule has 0 saturated heterocycles. The molecule has 0 aliphatic heterocycles. The van der Waals surface area contributed by atoms with Crippen molar-refractivity contribution in [1.29, 1.82) is 0 Å². The van der Waals surface area contributed by atoms with E-state index >= 15 is 0 Å². The zero-order chi connectivity index (χ0) is 16.5. The summed E-state index contributed by atoms with van der Waals surface area (Å²) >= 11 is 0. The first kappa shape index (κ1) is 16.9. The smallest absolute Gasteiger partial charge is 0.285 e. The number of hydrogen-bond acceptors (Lipinski definition) is 4. The molecule has 0 aliphatic rings. The van der Waals surface area contributed by atoms with Gasteiger partial charge in [-0.25, -0.2) is 4.39 Å². The van der Waals surface area contributed by atoms with Gasteiger partial charge < -0.3 is 10.6 Å². The van der Waals surface area contributed by atoms with Gasteiger partial charge in [-0.3, -0.25) is 14.9 Å². The minimum atomic E-state index is -0.912. The Morgan fingerprint density at radius 2 is 1.95 bits per heavy atom. The number of benzene rings is 1. The van der Waals surface area contributed by atoms with Crippen LogP contribution < -0.4 is 5.73 Å². The molecule has 0 aliphatic carbocycles. The number of nitro groups is 1. The Morgan fingerprint density at radius 1 is 1.43 bits per heavy atom. The number of anilines is 1. The second-order valence-corrected chi connectivity index (χ2v) is 6.11. The molecule has 0 heterocycles. The fraction of sp³-hybridized carbons (Fsp3) is 0.500. The SMILES string of the molecule is CC(N(C)C(=O)c1cc(N)c(F)cc1[N+](=O)[O-])C(C)(C)C. The topological polar surface area (TPSA) is 89.5 Å². The van der Waals surface area contributed by atoms with E-state index < -0.39 is 22.3 Å².